The van der Waals surface area contributed by atoms with Crippen molar-refractivity contribution in [3.05, 3.63) is 34.9 Å². The van der Waals surface area contributed by atoms with Crippen molar-refractivity contribution in [1.29, 1.82) is 0 Å². The highest BCUT2D eigenvalue weighted by molar-refractivity contribution is 6.30. The first kappa shape index (κ1) is 16.8. The third-order valence-electron chi connectivity index (χ3n) is 5.01. The Labute approximate surface area is 134 Å². The van der Waals surface area contributed by atoms with E-state index in [-0.39, 0.29) is 12.1 Å². The average molecular weight is 309 g/mol. The Morgan fingerprint density at radius 3 is 2.43 bits per heavy atom. The first-order valence-electron chi connectivity index (χ1n) is 8.03. The van der Waals surface area contributed by atoms with Gasteiger partial charge in [0, 0.05) is 23.1 Å². The van der Waals surface area contributed by atoms with Gasteiger partial charge in [0.15, 0.2) is 0 Å². The smallest absolute Gasteiger partial charge is 0.0496 e. The van der Waals surface area contributed by atoms with Crippen LogP contribution in [0.3, 0.4) is 0 Å². The highest BCUT2D eigenvalue weighted by Gasteiger charge is 2.33. The number of nitrogens with zero attached hydrogens (tertiary/aromatic N) is 1. The fraction of sp³-hybridized carbons (Fsp3) is 0.667. The number of halogens is 1. The fourth-order valence-electron chi connectivity index (χ4n) is 3.62. The summed E-state index contributed by atoms with van der Waals surface area (Å²) in [4.78, 5) is 2.48. The number of rotatable bonds is 4. The van der Waals surface area contributed by atoms with Crippen LogP contribution in [0.25, 0.3) is 0 Å². The topological polar surface area (TPSA) is 29.3 Å². The lowest BCUT2D eigenvalue weighted by Crippen LogP contribution is -2.45. The van der Waals surface area contributed by atoms with Gasteiger partial charge in [0.05, 0.1) is 0 Å². The second-order valence-corrected chi connectivity index (χ2v) is 7.86. The summed E-state index contributed by atoms with van der Waals surface area (Å²) in [5.41, 5.74) is 8.02. The number of nitrogens with two attached hydrogens (primary N) is 1. The Hall–Kier alpha value is -0.570. The molecule has 21 heavy (non-hydrogen) atoms. The maximum Gasteiger partial charge on any atom is 0.0496 e. The zero-order valence-corrected chi connectivity index (χ0v) is 14.5. The molecule has 0 saturated heterocycles. The van der Waals surface area contributed by atoms with Crippen LogP contribution in [0, 0.1) is 5.41 Å². The molecule has 2 N–H and O–H groups in total. The lowest BCUT2D eigenvalue weighted by molar-refractivity contribution is 0.0856. The predicted octanol–water partition coefficient (Wildman–Crippen LogP) is 4.63. The quantitative estimate of drug-likeness (QED) is 0.878. The number of hydrogen-bond donors (Lipinski definition) is 1. The standard InChI is InChI=1S/C18H29ClN2/c1-13(20)17(14-6-5-7-15(19)12-14)21(4)16-8-10-18(2,3)11-9-16/h5-7,12-13,16-17H,8-11,20H2,1-4H3. The summed E-state index contributed by atoms with van der Waals surface area (Å²) in [6, 6.07) is 9.07. The van der Waals surface area contributed by atoms with Crippen LogP contribution in [0.1, 0.15) is 58.1 Å². The minimum Gasteiger partial charge on any atom is -0.326 e. The van der Waals surface area contributed by atoms with Crippen LogP contribution >= 0.6 is 11.6 Å². The fourth-order valence-corrected chi connectivity index (χ4v) is 3.82. The molecule has 0 spiro atoms. The molecule has 118 valence electrons. The van der Waals surface area contributed by atoms with Crippen molar-refractivity contribution in [2.75, 3.05) is 7.05 Å². The Morgan fingerprint density at radius 2 is 1.90 bits per heavy atom. The van der Waals surface area contributed by atoms with E-state index in [1.165, 1.54) is 31.2 Å². The normalized spacial score (nSPS) is 22.2. The van der Waals surface area contributed by atoms with Crippen LogP contribution in [0.15, 0.2) is 24.3 Å². The molecule has 0 bridgehead atoms. The van der Waals surface area contributed by atoms with Crippen molar-refractivity contribution in [2.45, 2.75) is 64.6 Å². The average Bonchev–Trinajstić information content (AvgIpc) is 2.38. The monoisotopic (exact) mass is 308 g/mol. The Bertz CT molecular complexity index is 460. The van der Waals surface area contributed by atoms with E-state index in [2.05, 4.69) is 44.9 Å². The van der Waals surface area contributed by atoms with Crippen molar-refractivity contribution < 1.29 is 0 Å². The highest BCUT2D eigenvalue weighted by atomic mass is 35.5. The summed E-state index contributed by atoms with van der Waals surface area (Å²) < 4.78 is 0. The van der Waals surface area contributed by atoms with Gasteiger partial charge in [-0.25, -0.2) is 0 Å². The molecule has 0 radical (unpaired) electrons. The number of likely N-dealkylation sites (N-methyl/N-ethyl adjacent to an activating group) is 1. The number of hydrogen-bond acceptors (Lipinski definition) is 2. The molecule has 0 aromatic heterocycles. The largest absolute Gasteiger partial charge is 0.326 e. The maximum absolute atomic E-state index is 6.29. The van der Waals surface area contributed by atoms with Crippen LogP contribution < -0.4 is 5.73 Å². The predicted molar refractivity (Wildman–Crippen MR) is 91.6 cm³/mol. The summed E-state index contributed by atoms with van der Waals surface area (Å²) in [7, 11) is 2.22. The van der Waals surface area contributed by atoms with Crippen molar-refractivity contribution in [2.24, 2.45) is 11.1 Å². The number of benzene rings is 1. The molecule has 2 atom stereocenters. The van der Waals surface area contributed by atoms with Gasteiger partial charge in [0.25, 0.3) is 0 Å². The van der Waals surface area contributed by atoms with Gasteiger partial charge < -0.3 is 5.73 Å². The van der Waals surface area contributed by atoms with Gasteiger partial charge in [-0.15, -0.1) is 0 Å². The van der Waals surface area contributed by atoms with Crippen molar-refractivity contribution in [3.63, 3.8) is 0 Å². The SMILES string of the molecule is CC(N)C(c1cccc(Cl)c1)N(C)C1CCC(C)(C)CC1. The molecule has 1 saturated carbocycles. The van der Waals surface area contributed by atoms with Crippen LogP contribution in [-0.4, -0.2) is 24.0 Å². The Morgan fingerprint density at radius 1 is 1.29 bits per heavy atom. The lowest BCUT2D eigenvalue weighted by atomic mass is 9.75. The first-order chi connectivity index (χ1) is 9.80. The molecule has 2 unspecified atom stereocenters. The van der Waals surface area contributed by atoms with E-state index in [0.29, 0.717) is 11.5 Å². The molecule has 2 rings (SSSR count). The van der Waals surface area contributed by atoms with Crippen LogP contribution in [-0.2, 0) is 0 Å². The van der Waals surface area contributed by atoms with Crippen LogP contribution in [0.2, 0.25) is 5.02 Å². The van der Waals surface area contributed by atoms with E-state index >= 15 is 0 Å². The highest BCUT2D eigenvalue weighted by Crippen LogP contribution is 2.39. The van der Waals surface area contributed by atoms with E-state index in [1.807, 2.05) is 12.1 Å². The molecular weight excluding hydrogens is 280 g/mol. The molecule has 1 aromatic carbocycles. The summed E-state index contributed by atoms with van der Waals surface area (Å²) in [6.07, 6.45) is 5.10. The maximum atomic E-state index is 6.29. The van der Waals surface area contributed by atoms with E-state index in [4.69, 9.17) is 17.3 Å². The molecule has 1 aromatic rings. The molecule has 1 fully saturated rings. The molecule has 2 nitrogen and oxygen atoms in total. The van der Waals surface area contributed by atoms with Crippen LogP contribution in [0.5, 0.6) is 0 Å². The van der Waals surface area contributed by atoms with Gasteiger partial charge in [0.1, 0.15) is 0 Å². The second-order valence-electron chi connectivity index (χ2n) is 7.42. The molecule has 1 aliphatic rings. The molecule has 1 aliphatic carbocycles. The molecular formula is C18H29ClN2. The van der Waals surface area contributed by atoms with Gasteiger partial charge in [0.2, 0.25) is 0 Å². The van der Waals surface area contributed by atoms with Gasteiger partial charge >= 0.3 is 0 Å². The van der Waals surface area contributed by atoms with E-state index < -0.39 is 0 Å². The van der Waals surface area contributed by atoms with Gasteiger partial charge in [-0.3, -0.25) is 4.90 Å². The van der Waals surface area contributed by atoms with Crippen molar-refractivity contribution in [1.82, 2.24) is 4.90 Å². The zero-order chi connectivity index (χ0) is 15.6. The van der Waals surface area contributed by atoms with Gasteiger partial charge in [-0.2, -0.15) is 0 Å². The van der Waals surface area contributed by atoms with Gasteiger partial charge in [-0.05, 0) is 62.8 Å². The molecule has 0 heterocycles. The Balaban J connectivity index is 2.15. The van der Waals surface area contributed by atoms with E-state index in [0.717, 1.165) is 5.02 Å². The third kappa shape index (κ3) is 4.21. The molecule has 3 heteroatoms. The summed E-state index contributed by atoms with van der Waals surface area (Å²) >= 11 is 6.16. The minimum atomic E-state index is 0.0865. The van der Waals surface area contributed by atoms with Gasteiger partial charge in [-0.1, -0.05) is 37.6 Å². The van der Waals surface area contributed by atoms with Crippen molar-refractivity contribution >= 4 is 11.6 Å². The van der Waals surface area contributed by atoms with Crippen molar-refractivity contribution in [3.8, 4) is 0 Å². The lowest BCUT2D eigenvalue weighted by Gasteiger charge is -2.43. The third-order valence-corrected chi connectivity index (χ3v) is 5.25. The van der Waals surface area contributed by atoms with E-state index in [1.54, 1.807) is 0 Å². The first-order valence-corrected chi connectivity index (χ1v) is 8.41. The summed E-state index contributed by atoms with van der Waals surface area (Å²) in [6.45, 7) is 6.85. The summed E-state index contributed by atoms with van der Waals surface area (Å²) in [5, 5.41) is 0.788. The zero-order valence-electron chi connectivity index (χ0n) is 13.8. The second kappa shape index (κ2) is 6.68. The Kier molecular flexibility index (Phi) is 5.34. The summed E-state index contributed by atoms with van der Waals surface area (Å²) in [5.74, 6) is 0. The van der Waals surface area contributed by atoms with E-state index in [9.17, 15) is 0 Å². The van der Waals surface area contributed by atoms with Crippen LogP contribution in [0.4, 0.5) is 0 Å². The molecule has 0 aliphatic heterocycles. The molecule has 0 amide bonds. The minimum absolute atomic E-state index is 0.0865.